The highest BCUT2D eigenvalue weighted by Crippen LogP contribution is 2.37. The maximum absolute atomic E-state index is 12.8. The van der Waals surface area contributed by atoms with Gasteiger partial charge in [0.05, 0.1) is 6.04 Å². The lowest BCUT2D eigenvalue weighted by molar-refractivity contribution is -0.136. The molecule has 1 heterocycles. The van der Waals surface area contributed by atoms with E-state index in [0.29, 0.717) is 5.91 Å². The second kappa shape index (κ2) is 5.57. The molecule has 0 unspecified atom stereocenters. The molecule has 1 saturated heterocycles. The van der Waals surface area contributed by atoms with Crippen molar-refractivity contribution in [2.24, 2.45) is 11.7 Å². The highest BCUT2D eigenvalue weighted by molar-refractivity contribution is 5.80. The molecule has 3 atom stereocenters. The number of amides is 1. The van der Waals surface area contributed by atoms with Crippen LogP contribution in [0.2, 0.25) is 0 Å². The number of benzene rings is 1. The third kappa shape index (κ3) is 2.47. The minimum absolute atomic E-state index is 0.162. The van der Waals surface area contributed by atoms with E-state index >= 15 is 0 Å². The zero-order valence-corrected chi connectivity index (χ0v) is 12.2. The summed E-state index contributed by atoms with van der Waals surface area (Å²) in [6.45, 7) is 3.05. The molecule has 0 bridgehead atoms. The van der Waals surface area contributed by atoms with Crippen molar-refractivity contribution in [1.82, 2.24) is 4.90 Å². The summed E-state index contributed by atoms with van der Waals surface area (Å²) in [5.74, 6) is 0.498. The Morgan fingerprint density at radius 2 is 2.05 bits per heavy atom. The average molecular weight is 272 g/mol. The Kier molecular flexibility index (Phi) is 3.79. The molecule has 3 rings (SSSR count). The van der Waals surface area contributed by atoms with Gasteiger partial charge in [-0.2, -0.15) is 0 Å². The van der Waals surface area contributed by atoms with Crippen LogP contribution in [0.15, 0.2) is 24.3 Å². The van der Waals surface area contributed by atoms with Gasteiger partial charge >= 0.3 is 0 Å². The van der Waals surface area contributed by atoms with Crippen LogP contribution in [0.4, 0.5) is 0 Å². The molecule has 2 fully saturated rings. The van der Waals surface area contributed by atoms with Crippen molar-refractivity contribution in [3.8, 4) is 0 Å². The van der Waals surface area contributed by atoms with Gasteiger partial charge < -0.3 is 10.6 Å². The van der Waals surface area contributed by atoms with Gasteiger partial charge in [0, 0.05) is 18.5 Å². The first-order valence-corrected chi connectivity index (χ1v) is 7.78. The van der Waals surface area contributed by atoms with Gasteiger partial charge in [-0.25, -0.2) is 0 Å². The maximum atomic E-state index is 12.8. The van der Waals surface area contributed by atoms with E-state index in [1.165, 1.54) is 11.1 Å². The number of likely N-dealkylation sites (tertiary alicyclic amines) is 1. The number of carbonyl (C=O) groups is 1. The third-order valence-electron chi connectivity index (χ3n) is 4.91. The summed E-state index contributed by atoms with van der Waals surface area (Å²) in [6.07, 6.45) is 5.05. The van der Waals surface area contributed by atoms with Crippen LogP contribution in [-0.2, 0) is 4.79 Å². The van der Waals surface area contributed by atoms with E-state index in [2.05, 4.69) is 36.1 Å². The van der Waals surface area contributed by atoms with Crippen LogP contribution >= 0.6 is 0 Å². The number of nitrogens with two attached hydrogens (primary N) is 1. The van der Waals surface area contributed by atoms with Gasteiger partial charge in [0.25, 0.3) is 0 Å². The SMILES string of the molecule is Cc1ccccc1[C@@H]1CCCN1C(=O)[C@@H]1CC[C@H](N)C1. The molecule has 1 aromatic rings. The largest absolute Gasteiger partial charge is 0.335 e. The molecule has 0 radical (unpaired) electrons. The normalized spacial score (nSPS) is 29.9. The Bertz CT molecular complexity index is 500. The molecular weight excluding hydrogens is 248 g/mol. The summed E-state index contributed by atoms with van der Waals surface area (Å²) in [4.78, 5) is 14.9. The molecule has 20 heavy (non-hydrogen) atoms. The average Bonchev–Trinajstić information content (AvgIpc) is 3.07. The number of nitrogens with zero attached hydrogens (tertiary/aromatic N) is 1. The maximum Gasteiger partial charge on any atom is 0.226 e. The Labute approximate surface area is 121 Å². The number of rotatable bonds is 2. The smallest absolute Gasteiger partial charge is 0.226 e. The van der Waals surface area contributed by atoms with Crippen molar-refractivity contribution >= 4 is 5.91 Å². The Hall–Kier alpha value is -1.35. The fraction of sp³-hybridized carbons (Fsp3) is 0.588. The van der Waals surface area contributed by atoms with Crippen molar-refractivity contribution in [1.29, 1.82) is 0 Å². The first kappa shape index (κ1) is 13.6. The van der Waals surface area contributed by atoms with Gasteiger partial charge in [0.2, 0.25) is 5.91 Å². The summed E-state index contributed by atoms with van der Waals surface area (Å²) in [6, 6.07) is 8.96. The molecule has 1 aliphatic heterocycles. The quantitative estimate of drug-likeness (QED) is 0.900. The van der Waals surface area contributed by atoms with Crippen LogP contribution in [0.25, 0.3) is 0 Å². The molecule has 1 aliphatic carbocycles. The lowest BCUT2D eigenvalue weighted by Crippen LogP contribution is -2.35. The van der Waals surface area contributed by atoms with Crippen LogP contribution in [0.1, 0.15) is 49.3 Å². The van der Waals surface area contributed by atoms with E-state index in [1.54, 1.807) is 0 Å². The first-order chi connectivity index (χ1) is 9.66. The van der Waals surface area contributed by atoms with Crippen molar-refractivity contribution in [3.63, 3.8) is 0 Å². The highest BCUT2D eigenvalue weighted by Gasteiger charge is 2.37. The molecule has 0 aromatic heterocycles. The lowest BCUT2D eigenvalue weighted by atomic mass is 9.98. The molecule has 2 aliphatic rings. The molecule has 0 spiro atoms. The summed E-state index contributed by atoms with van der Waals surface area (Å²) in [7, 11) is 0. The summed E-state index contributed by atoms with van der Waals surface area (Å²) < 4.78 is 0. The first-order valence-electron chi connectivity index (χ1n) is 7.78. The monoisotopic (exact) mass is 272 g/mol. The van der Waals surface area contributed by atoms with E-state index < -0.39 is 0 Å². The molecule has 2 N–H and O–H groups in total. The molecule has 1 saturated carbocycles. The predicted molar refractivity (Wildman–Crippen MR) is 80.2 cm³/mol. The number of carbonyl (C=O) groups excluding carboxylic acids is 1. The van der Waals surface area contributed by atoms with Gasteiger partial charge in [-0.1, -0.05) is 24.3 Å². The summed E-state index contributed by atoms with van der Waals surface area (Å²) in [5.41, 5.74) is 8.57. The molecule has 108 valence electrons. The molecule has 1 aromatic carbocycles. The van der Waals surface area contributed by atoms with Crippen LogP contribution in [-0.4, -0.2) is 23.4 Å². The fourth-order valence-corrected chi connectivity index (χ4v) is 3.79. The zero-order valence-electron chi connectivity index (χ0n) is 12.2. The number of hydrogen-bond donors (Lipinski definition) is 1. The number of aryl methyl sites for hydroxylation is 1. The Morgan fingerprint density at radius 3 is 2.75 bits per heavy atom. The van der Waals surface area contributed by atoms with Gasteiger partial charge in [-0.3, -0.25) is 4.79 Å². The summed E-state index contributed by atoms with van der Waals surface area (Å²) >= 11 is 0. The summed E-state index contributed by atoms with van der Waals surface area (Å²) in [5, 5.41) is 0. The second-order valence-electron chi connectivity index (χ2n) is 6.32. The van der Waals surface area contributed by atoms with E-state index in [4.69, 9.17) is 5.73 Å². The van der Waals surface area contributed by atoms with Crippen molar-refractivity contribution < 1.29 is 4.79 Å². The minimum Gasteiger partial charge on any atom is -0.335 e. The topological polar surface area (TPSA) is 46.3 Å². The van der Waals surface area contributed by atoms with Crippen LogP contribution in [0.5, 0.6) is 0 Å². The highest BCUT2D eigenvalue weighted by atomic mass is 16.2. The Morgan fingerprint density at radius 1 is 1.25 bits per heavy atom. The van der Waals surface area contributed by atoms with Gasteiger partial charge in [0.1, 0.15) is 0 Å². The van der Waals surface area contributed by atoms with E-state index in [9.17, 15) is 4.79 Å². The third-order valence-corrected chi connectivity index (χ3v) is 4.91. The van der Waals surface area contributed by atoms with Crippen LogP contribution < -0.4 is 5.73 Å². The van der Waals surface area contributed by atoms with Crippen molar-refractivity contribution in [3.05, 3.63) is 35.4 Å². The standard InChI is InChI=1S/C17H24N2O/c1-12-5-2-3-6-15(12)16-7-4-10-19(16)17(20)13-8-9-14(18)11-13/h2-3,5-6,13-14,16H,4,7-11,18H2,1H3/t13-,14+,16+/m1/s1. The second-order valence-corrected chi connectivity index (χ2v) is 6.32. The van der Waals surface area contributed by atoms with Gasteiger partial charge in [0.15, 0.2) is 0 Å². The minimum atomic E-state index is 0.162. The van der Waals surface area contributed by atoms with E-state index in [1.807, 2.05) is 0 Å². The molecule has 1 amide bonds. The Balaban J connectivity index is 1.79. The van der Waals surface area contributed by atoms with Crippen molar-refractivity contribution in [2.45, 2.75) is 51.1 Å². The van der Waals surface area contributed by atoms with E-state index in [0.717, 1.165) is 38.6 Å². The fourth-order valence-electron chi connectivity index (χ4n) is 3.79. The van der Waals surface area contributed by atoms with Gasteiger partial charge in [-0.15, -0.1) is 0 Å². The van der Waals surface area contributed by atoms with Crippen LogP contribution in [0, 0.1) is 12.8 Å². The number of hydrogen-bond acceptors (Lipinski definition) is 2. The lowest BCUT2D eigenvalue weighted by Gasteiger charge is -2.28. The van der Waals surface area contributed by atoms with Crippen LogP contribution in [0.3, 0.4) is 0 Å². The molecule has 3 nitrogen and oxygen atoms in total. The molecular formula is C17H24N2O. The molecule has 3 heteroatoms. The zero-order chi connectivity index (χ0) is 14.1. The van der Waals surface area contributed by atoms with Crippen molar-refractivity contribution in [2.75, 3.05) is 6.54 Å². The van der Waals surface area contributed by atoms with Gasteiger partial charge in [-0.05, 0) is 50.2 Å². The van der Waals surface area contributed by atoms with E-state index in [-0.39, 0.29) is 18.0 Å². The predicted octanol–water partition coefficient (Wildman–Crippen LogP) is 2.79.